The molecule has 32 heavy (non-hydrogen) atoms. The number of carbonyl (C=O) groups is 1. The van der Waals surface area contributed by atoms with Gasteiger partial charge in [0.15, 0.2) is 5.76 Å². The van der Waals surface area contributed by atoms with Crippen molar-refractivity contribution in [3.8, 4) is 0 Å². The third kappa shape index (κ3) is 4.02. The van der Waals surface area contributed by atoms with Crippen LogP contribution in [0.5, 0.6) is 0 Å². The molecule has 2 aromatic rings. The minimum absolute atomic E-state index is 0.0856. The van der Waals surface area contributed by atoms with E-state index in [2.05, 4.69) is 5.16 Å². The lowest BCUT2D eigenvalue weighted by Crippen LogP contribution is -2.50. The number of benzene rings is 1. The van der Waals surface area contributed by atoms with Crippen molar-refractivity contribution in [2.45, 2.75) is 31.6 Å². The maximum atomic E-state index is 13.1. The van der Waals surface area contributed by atoms with Crippen LogP contribution in [-0.4, -0.2) is 76.1 Å². The number of nitrogens with zero attached hydrogens (tertiary/aromatic N) is 4. The maximum Gasteiger partial charge on any atom is 0.253 e. The van der Waals surface area contributed by atoms with E-state index < -0.39 is 20.0 Å². The third-order valence-corrected chi connectivity index (χ3v) is 9.22. The van der Waals surface area contributed by atoms with E-state index >= 15 is 0 Å². The van der Waals surface area contributed by atoms with Crippen LogP contribution in [0.3, 0.4) is 0 Å². The van der Waals surface area contributed by atoms with Crippen molar-refractivity contribution in [2.24, 2.45) is 0 Å². The van der Waals surface area contributed by atoms with Gasteiger partial charge in [-0.3, -0.25) is 9.10 Å². The van der Waals surface area contributed by atoms with Crippen molar-refractivity contribution in [1.29, 1.82) is 0 Å². The Labute approximate surface area is 187 Å². The van der Waals surface area contributed by atoms with Crippen LogP contribution in [0.4, 0.5) is 5.69 Å². The molecule has 2 aliphatic heterocycles. The molecule has 12 heteroatoms. The van der Waals surface area contributed by atoms with Crippen molar-refractivity contribution in [3.63, 3.8) is 0 Å². The first-order valence-corrected chi connectivity index (χ1v) is 13.6. The van der Waals surface area contributed by atoms with E-state index in [-0.39, 0.29) is 42.7 Å². The van der Waals surface area contributed by atoms with Gasteiger partial charge in [0.05, 0.1) is 11.9 Å². The van der Waals surface area contributed by atoms with Gasteiger partial charge in [0.2, 0.25) is 20.0 Å². The van der Waals surface area contributed by atoms with E-state index in [1.807, 2.05) is 0 Å². The highest BCUT2D eigenvalue weighted by Gasteiger charge is 2.34. The Bertz CT molecular complexity index is 1240. The number of aryl methyl sites for hydroxylation is 3. The summed E-state index contributed by atoms with van der Waals surface area (Å²) in [6.07, 6.45) is 2.57. The molecule has 3 heterocycles. The minimum atomic E-state index is -3.75. The van der Waals surface area contributed by atoms with Crippen molar-refractivity contribution in [3.05, 3.63) is 40.8 Å². The second-order valence-corrected chi connectivity index (χ2v) is 11.9. The predicted octanol–water partition coefficient (Wildman–Crippen LogP) is 1.15. The monoisotopic (exact) mass is 482 g/mol. The maximum absolute atomic E-state index is 13.1. The van der Waals surface area contributed by atoms with Crippen LogP contribution in [0.2, 0.25) is 0 Å². The number of hydrogen-bond acceptors (Lipinski definition) is 7. The molecule has 1 fully saturated rings. The van der Waals surface area contributed by atoms with Gasteiger partial charge in [-0.15, -0.1) is 0 Å². The van der Waals surface area contributed by atoms with Gasteiger partial charge in [0.1, 0.15) is 10.6 Å². The fourth-order valence-electron chi connectivity index (χ4n) is 4.33. The Morgan fingerprint density at radius 3 is 2.31 bits per heavy atom. The number of carbonyl (C=O) groups excluding carboxylic acids is 1. The van der Waals surface area contributed by atoms with Gasteiger partial charge in [-0.25, -0.2) is 16.8 Å². The summed E-state index contributed by atoms with van der Waals surface area (Å²) in [5, 5.41) is 3.73. The van der Waals surface area contributed by atoms with Crippen LogP contribution < -0.4 is 4.31 Å². The van der Waals surface area contributed by atoms with Gasteiger partial charge >= 0.3 is 0 Å². The first kappa shape index (κ1) is 22.7. The summed E-state index contributed by atoms with van der Waals surface area (Å²) >= 11 is 0. The normalized spacial score (nSPS) is 18.0. The van der Waals surface area contributed by atoms with Gasteiger partial charge in [0, 0.05) is 38.3 Å². The molecule has 0 spiro atoms. The average molecular weight is 483 g/mol. The molecule has 0 atom stereocenters. The Kier molecular flexibility index (Phi) is 5.80. The van der Waals surface area contributed by atoms with E-state index in [1.165, 1.54) is 14.9 Å². The number of anilines is 1. The van der Waals surface area contributed by atoms with Crippen LogP contribution in [-0.2, 0) is 26.5 Å². The molecule has 1 aromatic heterocycles. The molecule has 2 aliphatic rings. The summed E-state index contributed by atoms with van der Waals surface area (Å²) in [5.74, 6) is 0.0527. The predicted molar refractivity (Wildman–Crippen MR) is 118 cm³/mol. The summed E-state index contributed by atoms with van der Waals surface area (Å²) in [7, 11) is -7.12. The van der Waals surface area contributed by atoms with Gasteiger partial charge in [-0.2, -0.15) is 4.31 Å². The second-order valence-electron chi connectivity index (χ2n) is 8.13. The Hall–Kier alpha value is -2.44. The lowest BCUT2D eigenvalue weighted by atomic mass is 10.00. The molecule has 10 nitrogen and oxygen atoms in total. The highest BCUT2D eigenvalue weighted by molar-refractivity contribution is 7.92. The third-order valence-electron chi connectivity index (χ3n) is 5.89. The number of hydrogen-bond donors (Lipinski definition) is 0. The molecular formula is C20H26N4O6S2. The number of sulfonamides is 2. The largest absolute Gasteiger partial charge is 0.360 e. The zero-order chi connectivity index (χ0) is 23.3. The molecule has 0 unspecified atom stereocenters. The topological polar surface area (TPSA) is 121 Å². The zero-order valence-corrected chi connectivity index (χ0v) is 19.9. The number of fused-ring (bicyclic) bond motifs is 1. The fourth-order valence-corrected chi connectivity index (χ4v) is 7.04. The van der Waals surface area contributed by atoms with Crippen LogP contribution in [0.15, 0.2) is 27.6 Å². The summed E-state index contributed by atoms with van der Waals surface area (Å²) in [6, 6.07) is 5.07. The molecule has 174 valence electrons. The van der Waals surface area contributed by atoms with Crippen LogP contribution in [0, 0.1) is 13.8 Å². The minimum Gasteiger partial charge on any atom is -0.360 e. The van der Waals surface area contributed by atoms with Crippen molar-refractivity contribution < 1.29 is 26.2 Å². The quantitative estimate of drug-likeness (QED) is 0.641. The van der Waals surface area contributed by atoms with E-state index in [0.29, 0.717) is 36.3 Å². The van der Waals surface area contributed by atoms with Crippen LogP contribution in [0.25, 0.3) is 0 Å². The zero-order valence-electron chi connectivity index (χ0n) is 18.2. The van der Waals surface area contributed by atoms with E-state index in [0.717, 1.165) is 5.56 Å². The molecule has 0 aliphatic carbocycles. The van der Waals surface area contributed by atoms with E-state index in [4.69, 9.17) is 4.52 Å². The van der Waals surface area contributed by atoms with E-state index in [9.17, 15) is 21.6 Å². The first-order chi connectivity index (χ1) is 15.0. The summed E-state index contributed by atoms with van der Waals surface area (Å²) in [4.78, 5) is 14.8. The Balaban J connectivity index is 1.49. The van der Waals surface area contributed by atoms with E-state index in [1.54, 1.807) is 36.9 Å². The highest BCUT2D eigenvalue weighted by atomic mass is 32.2. The SMILES string of the molecule is Cc1noc(C)c1S(=O)(=O)N1CCN(C(=O)c2ccc3c(c2)CCCN3S(C)(=O)=O)CC1. The molecule has 0 radical (unpaired) electrons. The van der Waals surface area contributed by atoms with Crippen molar-refractivity contribution in [1.82, 2.24) is 14.4 Å². The molecule has 0 saturated carbocycles. The molecule has 4 rings (SSSR count). The van der Waals surface area contributed by atoms with Gasteiger partial charge in [-0.1, -0.05) is 5.16 Å². The second kappa shape index (κ2) is 8.16. The number of rotatable bonds is 4. The number of amides is 1. The molecule has 0 bridgehead atoms. The standard InChI is InChI=1S/C20H26N4O6S2/c1-14-19(15(2)30-21-14)32(28,29)23-11-9-22(10-12-23)20(25)17-6-7-18-16(13-17)5-4-8-24(18)31(3,26)27/h6-7,13H,4-5,8-12H2,1-3H3. The molecule has 1 saturated heterocycles. The van der Waals surface area contributed by atoms with Gasteiger partial charge in [0.25, 0.3) is 5.91 Å². The number of piperazine rings is 1. The van der Waals surface area contributed by atoms with Crippen molar-refractivity contribution >= 4 is 31.6 Å². The highest BCUT2D eigenvalue weighted by Crippen LogP contribution is 2.30. The lowest BCUT2D eigenvalue weighted by Gasteiger charge is -2.34. The van der Waals surface area contributed by atoms with Crippen molar-refractivity contribution in [2.75, 3.05) is 43.3 Å². The number of aromatic nitrogens is 1. The fraction of sp³-hybridized carbons (Fsp3) is 0.500. The van der Waals surface area contributed by atoms with Crippen LogP contribution in [0.1, 0.15) is 33.8 Å². The first-order valence-electron chi connectivity index (χ1n) is 10.3. The molecule has 0 N–H and O–H groups in total. The smallest absolute Gasteiger partial charge is 0.253 e. The summed E-state index contributed by atoms with van der Waals surface area (Å²) < 4.78 is 57.8. The molecule has 1 amide bonds. The molecule has 1 aromatic carbocycles. The summed E-state index contributed by atoms with van der Waals surface area (Å²) in [6.45, 7) is 4.44. The van der Waals surface area contributed by atoms with Gasteiger partial charge in [-0.05, 0) is 50.5 Å². The van der Waals surface area contributed by atoms with Crippen LogP contribution >= 0.6 is 0 Å². The average Bonchev–Trinajstić information content (AvgIpc) is 3.10. The lowest BCUT2D eigenvalue weighted by molar-refractivity contribution is 0.0697. The Morgan fingerprint density at radius 1 is 1.03 bits per heavy atom. The van der Waals surface area contributed by atoms with Gasteiger partial charge < -0.3 is 9.42 Å². The Morgan fingerprint density at radius 2 is 1.72 bits per heavy atom. The molecular weight excluding hydrogens is 456 g/mol. The summed E-state index contributed by atoms with van der Waals surface area (Å²) in [5.41, 5.74) is 2.23.